The van der Waals surface area contributed by atoms with Crippen LogP contribution in [-0.4, -0.2) is 33.9 Å². The van der Waals surface area contributed by atoms with Gasteiger partial charge in [-0.1, -0.05) is 30.3 Å². The number of likely N-dealkylation sites (tertiary alicyclic amines) is 1. The van der Waals surface area contributed by atoms with Crippen LogP contribution in [0.25, 0.3) is 11.1 Å². The summed E-state index contributed by atoms with van der Waals surface area (Å²) in [5.74, 6) is 1.30. The minimum absolute atomic E-state index is 0.428. The molecule has 3 rings (SSSR count). The van der Waals surface area contributed by atoms with Crippen LogP contribution in [-0.2, 0) is 6.54 Å². The van der Waals surface area contributed by atoms with Crippen LogP contribution in [0.4, 0.5) is 0 Å². The van der Waals surface area contributed by atoms with Gasteiger partial charge in [-0.25, -0.2) is 15.0 Å². The molecule has 2 heterocycles. The van der Waals surface area contributed by atoms with E-state index in [2.05, 4.69) is 19.9 Å². The summed E-state index contributed by atoms with van der Waals surface area (Å²) in [7, 11) is 0. The average molecular weight is 295 g/mol. The number of nitrogens with zero attached hydrogens (tertiary/aromatic N) is 4. The Labute approximate surface area is 130 Å². The molecule has 0 unspecified atom stereocenters. The smallest absolute Gasteiger partial charge is 0.191 e. The minimum atomic E-state index is 0.428. The van der Waals surface area contributed by atoms with Gasteiger partial charge in [-0.2, -0.15) is 0 Å². The third-order valence-electron chi connectivity index (χ3n) is 3.87. The second kappa shape index (κ2) is 7.02. The van der Waals surface area contributed by atoms with Gasteiger partial charge in [-0.05, 0) is 24.8 Å². The summed E-state index contributed by atoms with van der Waals surface area (Å²) in [5.41, 5.74) is 8.17. The van der Waals surface area contributed by atoms with Crippen LogP contribution >= 0.6 is 0 Å². The van der Waals surface area contributed by atoms with Crippen molar-refractivity contribution in [2.24, 2.45) is 10.7 Å². The summed E-state index contributed by atoms with van der Waals surface area (Å²) < 4.78 is 0. The molecule has 5 heteroatoms. The highest BCUT2D eigenvalue weighted by Gasteiger charge is 2.11. The summed E-state index contributed by atoms with van der Waals surface area (Å²) >= 11 is 0. The Kier molecular flexibility index (Phi) is 4.63. The van der Waals surface area contributed by atoms with Crippen LogP contribution in [0.2, 0.25) is 0 Å². The maximum absolute atomic E-state index is 6.04. The van der Waals surface area contributed by atoms with E-state index in [0.717, 1.165) is 24.2 Å². The lowest BCUT2D eigenvalue weighted by atomic mass is 10.1. The van der Waals surface area contributed by atoms with Gasteiger partial charge < -0.3 is 10.6 Å². The Balaban J connectivity index is 1.63. The molecule has 1 aromatic carbocycles. The molecule has 0 saturated carbocycles. The van der Waals surface area contributed by atoms with Crippen LogP contribution in [0.3, 0.4) is 0 Å². The van der Waals surface area contributed by atoms with Gasteiger partial charge in [0.05, 0.1) is 0 Å². The highest BCUT2D eigenvalue weighted by atomic mass is 15.3. The average Bonchev–Trinajstić information content (AvgIpc) is 2.61. The Morgan fingerprint density at radius 3 is 2.36 bits per heavy atom. The van der Waals surface area contributed by atoms with Gasteiger partial charge in [0.15, 0.2) is 5.96 Å². The molecule has 0 aliphatic carbocycles. The zero-order chi connectivity index (χ0) is 15.2. The Hall–Kier alpha value is -2.43. The number of nitrogens with two attached hydrogens (primary N) is 1. The molecule has 22 heavy (non-hydrogen) atoms. The van der Waals surface area contributed by atoms with Crippen LogP contribution in [0.5, 0.6) is 0 Å². The number of benzene rings is 1. The van der Waals surface area contributed by atoms with Crippen molar-refractivity contribution in [3.05, 3.63) is 48.5 Å². The van der Waals surface area contributed by atoms with Crippen molar-refractivity contribution >= 4 is 5.96 Å². The predicted molar refractivity (Wildman–Crippen MR) is 88.2 cm³/mol. The van der Waals surface area contributed by atoms with Crippen molar-refractivity contribution in [3.8, 4) is 11.1 Å². The summed E-state index contributed by atoms with van der Waals surface area (Å²) in [4.78, 5) is 15.3. The molecule has 0 atom stereocenters. The van der Waals surface area contributed by atoms with Crippen molar-refractivity contribution in [2.45, 2.75) is 25.8 Å². The van der Waals surface area contributed by atoms with Gasteiger partial charge in [0, 0.05) is 31.0 Å². The van der Waals surface area contributed by atoms with Crippen LogP contribution in [0.1, 0.15) is 25.1 Å². The van der Waals surface area contributed by atoms with E-state index >= 15 is 0 Å². The molecule has 1 aliphatic heterocycles. The Morgan fingerprint density at radius 1 is 1.00 bits per heavy atom. The van der Waals surface area contributed by atoms with E-state index in [4.69, 9.17) is 5.73 Å². The normalized spacial score (nSPS) is 15.8. The monoisotopic (exact) mass is 295 g/mol. The van der Waals surface area contributed by atoms with E-state index in [9.17, 15) is 0 Å². The van der Waals surface area contributed by atoms with Crippen LogP contribution in [0.15, 0.2) is 47.7 Å². The van der Waals surface area contributed by atoms with Gasteiger partial charge in [-0.3, -0.25) is 0 Å². The maximum Gasteiger partial charge on any atom is 0.191 e. The fourth-order valence-corrected chi connectivity index (χ4v) is 2.59. The van der Waals surface area contributed by atoms with Crippen LogP contribution < -0.4 is 5.73 Å². The first-order valence-electron chi connectivity index (χ1n) is 7.74. The number of rotatable bonds is 3. The number of hydrogen-bond donors (Lipinski definition) is 1. The van der Waals surface area contributed by atoms with Gasteiger partial charge >= 0.3 is 0 Å². The van der Waals surface area contributed by atoms with E-state index in [1.54, 1.807) is 0 Å². The van der Waals surface area contributed by atoms with Crippen molar-refractivity contribution < 1.29 is 0 Å². The van der Waals surface area contributed by atoms with Gasteiger partial charge in [-0.15, -0.1) is 0 Å². The number of hydrogen-bond acceptors (Lipinski definition) is 3. The second-order valence-corrected chi connectivity index (χ2v) is 5.48. The van der Waals surface area contributed by atoms with Crippen molar-refractivity contribution in [3.63, 3.8) is 0 Å². The molecule has 1 fully saturated rings. The molecule has 0 bridgehead atoms. The summed E-state index contributed by atoms with van der Waals surface area (Å²) in [5, 5.41) is 0. The molecule has 0 amide bonds. The second-order valence-electron chi connectivity index (χ2n) is 5.48. The van der Waals surface area contributed by atoms with Crippen molar-refractivity contribution in [2.75, 3.05) is 13.1 Å². The Bertz CT molecular complexity index is 615. The van der Waals surface area contributed by atoms with E-state index in [1.165, 1.54) is 19.3 Å². The SMILES string of the molecule is NC(=NCc1ncc(-c2ccccc2)cn1)N1CCCCC1. The number of aliphatic imine (C=N–C) groups is 1. The number of piperidine rings is 1. The standard InChI is InChI=1S/C17H21N5/c18-17(22-9-5-2-6-10-22)21-13-16-19-11-15(12-20-16)14-7-3-1-4-8-14/h1,3-4,7-8,11-12H,2,5-6,9-10,13H2,(H2,18,21). The van der Waals surface area contributed by atoms with Crippen molar-refractivity contribution in [1.82, 2.24) is 14.9 Å². The molecule has 2 N–H and O–H groups in total. The number of guanidine groups is 1. The molecule has 1 aromatic heterocycles. The van der Waals surface area contributed by atoms with E-state index in [0.29, 0.717) is 18.3 Å². The Morgan fingerprint density at radius 2 is 1.68 bits per heavy atom. The fourth-order valence-electron chi connectivity index (χ4n) is 2.59. The summed E-state index contributed by atoms with van der Waals surface area (Å²) in [6.07, 6.45) is 7.35. The highest BCUT2D eigenvalue weighted by Crippen LogP contribution is 2.16. The molecule has 114 valence electrons. The molecular formula is C17H21N5. The first-order valence-corrected chi connectivity index (χ1v) is 7.74. The molecule has 1 saturated heterocycles. The first-order chi connectivity index (χ1) is 10.8. The van der Waals surface area contributed by atoms with E-state index in [-0.39, 0.29) is 0 Å². The molecule has 0 spiro atoms. The van der Waals surface area contributed by atoms with Crippen LogP contribution in [0, 0.1) is 0 Å². The molecule has 2 aromatic rings. The zero-order valence-electron chi connectivity index (χ0n) is 12.7. The predicted octanol–water partition coefficient (Wildman–Crippen LogP) is 2.44. The quantitative estimate of drug-likeness (QED) is 0.697. The summed E-state index contributed by atoms with van der Waals surface area (Å²) in [6.45, 7) is 2.43. The molecule has 1 aliphatic rings. The third kappa shape index (κ3) is 3.61. The molecule has 0 radical (unpaired) electrons. The third-order valence-corrected chi connectivity index (χ3v) is 3.87. The lowest BCUT2D eigenvalue weighted by Gasteiger charge is -2.27. The zero-order valence-corrected chi connectivity index (χ0v) is 12.7. The van der Waals surface area contributed by atoms with Gasteiger partial charge in [0.25, 0.3) is 0 Å². The largest absolute Gasteiger partial charge is 0.370 e. The first kappa shape index (κ1) is 14.5. The maximum atomic E-state index is 6.04. The highest BCUT2D eigenvalue weighted by molar-refractivity contribution is 5.78. The topological polar surface area (TPSA) is 67.4 Å². The van der Waals surface area contributed by atoms with Crippen molar-refractivity contribution in [1.29, 1.82) is 0 Å². The lowest BCUT2D eigenvalue weighted by Crippen LogP contribution is -2.40. The fraction of sp³-hybridized carbons (Fsp3) is 0.353. The molecule has 5 nitrogen and oxygen atoms in total. The van der Waals surface area contributed by atoms with Gasteiger partial charge in [0.1, 0.15) is 12.4 Å². The van der Waals surface area contributed by atoms with E-state index in [1.807, 2.05) is 42.7 Å². The summed E-state index contributed by atoms with van der Waals surface area (Å²) in [6, 6.07) is 10.1. The minimum Gasteiger partial charge on any atom is -0.370 e. The lowest BCUT2D eigenvalue weighted by molar-refractivity contribution is 0.338. The number of aromatic nitrogens is 2. The van der Waals surface area contributed by atoms with Gasteiger partial charge in [0.2, 0.25) is 0 Å². The molecular weight excluding hydrogens is 274 g/mol. The van der Waals surface area contributed by atoms with E-state index < -0.39 is 0 Å².